The molecular weight excluding hydrogens is 270 g/mol. The van der Waals surface area contributed by atoms with E-state index in [2.05, 4.69) is 15.9 Å². The van der Waals surface area contributed by atoms with Crippen LogP contribution in [-0.2, 0) is 9.53 Å². The molecule has 1 heterocycles. The molecule has 0 radical (unpaired) electrons. The van der Waals surface area contributed by atoms with E-state index in [0.717, 1.165) is 19.4 Å². The molecule has 0 spiro atoms. The number of rotatable bonds is 1. The van der Waals surface area contributed by atoms with Crippen molar-refractivity contribution in [2.24, 2.45) is 0 Å². The van der Waals surface area contributed by atoms with Gasteiger partial charge in [0.05, 0.1) is 23.1 Å². The van der Waals surface area contributed by atoms with Crippen LogP contribution in [0.1, 0.15) is 39.5 Å². The Morgan fingerprint density at radius 1 is 1.38 bits per heavy atom. The van der Waals surface area contributed by atoms with E-state index < -0.39 is 4.32 Å². The Kier molecular flexibility index (Phi) is 3.59. The zero-order valence-electron chi connectivity index (χ0n) is 10.0. The summed E-state index contributed by atoms with van der Waals surface area (Å²) in [4.78, 5) is 14.3. The lowest BCUT2D eigenvalue weighted by atomic mass is 9.89. The van der Waals surface area contributed by atoms with Crippen LogP contribution in [0.3, 0.4) is 0 Å². The van der Waals surface area contributed by atoms with Crippen molar-refractivity contribution in [3.63, 3.8) is 0 Å². The molecule has 0 bridgehead atoms. The van der Waals surface area contributed by atoms with Crippen molar-refractivity contribution < 1.29 is 9.53 Å². The smallest absolute Gasteiger partial charge is 0.239 e. The Balaban J connectivity index is 2.11. The third-order valence-corrected chi connectivity index (χ3v) is 3.84. The maximum Gasteiger partial charge on any atom is 0.239 e. The number of ether oxygens (including phenoxy) is 1. The number of amides is 1. The Labute approximate surface area is 106 Å². The summed E-state index contributed by atoms with van der Waals surface area (Å²) in [5.74, 6) is 0.202. The number of alkyl halides is 1. The minimum absolute atomic E-state index is 0.202. The van der Waals surface area contributed by atoms with E-state index in [0.29, 0.717) is 12.6 Å². The van der Waals surface area contributed by atoms with Crippen molar-refractivity contribution in [2.75, 3.05) is 13.2 Å². The molecule has 0 N–H and O–H groups in total. The number of carbonyl (C=O) groups is 1. The Morgan fingerprint density at radius 2 is 2.06 bits per heavy atom. The fourth-order valence-electron chi connectivity index (χ4n) is 2.69. The average molecular weight is 290 g/mol. The van der Waals surface area contributed by atoms with Gasteiger partial charge in [-0.1, -0.05) is 28.8 Å². The maximum absolute atomic E-state index is 12.3. The van der Waals surface area contributed by atoms with Gasteiger partial charge in [-0.2, -0.15) is 0 Å². The molecule has 1 saturated heterocycles. The number of halogens is 1. The molecule has 2 aliphatic rings. The van der Waals surface area contributed by atoms with E-state index in [4.69, 9.17) is 4.74 Å². The third-order valence-electron chi connectivity index (χ3n) is 3.50. The van der Waals surface area contributed by atoms with Gasteiger partial charge in [0.2, 0.25) is 5.91 Å². The molecular formula is C12H20BrNO2. The summed E-state index contributed by atoms with van der Waals surface area (Å²) in [6.07, 6.45) is 4.94. The molecule has 1 aliphatic heterocycles. The summed E-state index contributed by atoms with van der Waals surface area (Å²) in [6.45, 7) is 5.27. The van der Waals surface area contributed by atoms with Crippen LogP contribution in [0.25, 0.3) is 0 Å². The van der Waals surface area contributed by atoms with Gasteiger partial charge in [0, 0.05) is 6.54 Å². The van der Waals surface area contributed by atoms with E-state index in [1.54, 1.807) is 0 Å². The van der Waals surface area contributed by atoms with Gasteiger partial charge in [-0.25, -0.2) is 0 Å². The van der Waals surface area contributed by atoms with Crippen LogP contribution in [0, 0.1) is 0 Å². The van der Waals surface area contributed by atoms with Crippen molar-refractivity contribution in [3.05, 3.63) is 0 Å². The molecule has 1 aliphatic carbocycles. The van der Waals surface area contributed by atoms with Gasteiger partial charge in [-0.3, -0.25) is 4.79 Å². The number of hydrogen-bond acceptors (Lipinski definition) is 2. The molecule has 16 heavy (non-hydrogen) atoms. The second-order valence-corrected chi connectivity index (χ2v) is 7.21. The second kappa shape index (κ2) is 4.65. The lowest BCUT2D eigenvalue weighted by molar-refractivity contribution is -0.151. The Hall–Kier alpha value is -0.0900. The number of carbonyl (C=O) groups excluding carboxylic acids is 1. The van der Waals surface area contributed by atoms with Gasteiger partial charge in [-0.15, -0.1) is 0 Å². The van der Waals surface area contributed by atoms with Gasteiger partial charge in [0.1, 0.15) is 0 Å². The van der Waals surface area contributed by atoms with Gasteiger partial charge >= 0.3 is 0 Å². The van der Waals surface area contributed by atoms with Crippen molar-refractivity contribution in [2.45, 2.75) is 56.0 Å². The highest BCUT2D eigenvalue weighted by atomic mass is 79.9. The number of morpholine rings is 1. The molecule has 2 rings (SSSR count). The zero-order chi connectivity index (χ0) is 11.8. The standard InChI is InChI=1S/C12H20BrNO2/c1-12(2,13)11(15)14-7-8-16-10-6-4-3-5-9(10)14/h9-10H,3-8H2,1-2H3. The second-order valence-electron chi connectivity index (χ2n) is 5.23. The summed E-state index contributed by atoms with van der Waals surface area (Å²) in [5, 5.41) is 0. The van der Waals surface area contributed by atoms with Gasteiger partial charge in [0.15, 0.2) is 0 Å². The molecule has 2 unspecified atom stereocenters. The van der Waals surface area contributed by atoms with Crippen LogP contribution in [0.15, 0.2) is 0 Å². The van der Waals surface area contributed by atoms with Crippen molar-refractivity contribution in [1.29, 1.82) is 0 Å². The molecule has 3 nitrogen and oxygen atoms in total. The number of fused-ring (bicyclic) bond motifs is 1. The molecule has 2 atom stereocenters. The first-order chi connectivity index (χ1) is 7.50. The molecule has 0 aromatic carbocycles. The fourth-order valence-corrected chi connectivity index (χ4v) is 2.92. The number of hydrogen-bond donors (Lipinski definition) is 0. The monoisotopic (exact) mass is 289 g/mol. The molecule has 92 valence electrons. The van der Waals surface area contributed by atoms with E-state index >= 15 is 0 Å². The van der Waals surface area contributed by atoms with Crippen LogP contribution >= 0.6 is 15.9 Å². The SMILES string of the molecule is CC(C)(Br)C(=O)N1CCOC2CCCCC21. The lowest BCUT2D eigenvalue weighted by Crippen LogP contribution is -2.58. The first kappa shape index (κ1) is 12.4. The quantitative estimate of drug-likeness (QED) is 0.694. The van der Waals surface area contributed by atoms with Gasteiger partial charge < -0.3 is 9.64 Å². The normalized spacial score (nSPS) is 31.1. The van der Waals surface area contributed by atoms with Crippen molar-refractivity contribution in [3.8, 4) is 0 Å². The summed E-state index contributed by atoms with van der Waals surface area (Å²) in [7, 11) is 0. The maximum atomic E-state index is 12.3. The highest BCUT2D eigenvalue weighted by molar-refractivity contribution is 9.10. The number of nitrogens with zero attached hydrogens (tertiary/aromatic N) is 1. The molecule has 1 amide bonds. The molecule has 2 fully saturated rings. The summed E-state index contributed by atoms with van der Waals surface area (Å²) in [5.41, 5.74) is 0. The minimum Gasteiger partial charge on any atom is -0.374 e. The topological polar surface area (TPSA) is 29.5 Å². The molecule has 4 heteroatoms. The van der Waals surface area contributed by atoms with Gasteiger partial charge in [-0.05, 0) is 26.7 Å². The Morgan fingerprint density at radius 3 is 2.75 bits per heavy atom. The minimum atomic E-state index is -0.452. The predicted molar refractivity (Wildman–Crippen MR) is 66.7 cm³/mol. The highest BCUT2D eigenvalue weighted by Crippen LogP contribution is 2.31. The van der Waals surface area contributed by atoms with E-state index in [1.807, 2.05) is 18.7 Å². The zero-order valence-corrected chi connectivity index (χ0v) is 11.6. The van der Waals surface area contributed by atoms with Crippen LogP contribution in [-0.4, -0.2) is 40.4 Å². The van der Waals surface area contributed by atoms with E-state index in [-0.39, 0.29) is 12.0 Å². The van der Waals surface area contributed by atoms with Crippen LogP contribution in [0.2, 0.25) is 0 Å². The fraction of sp³-hybridized carbons (Fsp3) is 0.917. The third kappa shape index (κ3) is 2.43. The van der Waals surface area contributed by atoms with Gasteiger partial charge in [0.25, 0.3) is 0 Å². The van der Waals surface area contributed by atoms with Crippen LogP contribution in [0.4, 0.5) is 0 Å². The Bertz CT molecular complexity index is 273. The van der Waals surface area contributed by atoms with Crippen molar-refractivity contribution in [1.82, 2.24) is 4.90 Å². The first-order valence-electron chi connectivity index (χ1n) is 6.12. The first-order valence-corrected chi connectivity index (χ1v) is 6.91. The van der Waals surface area contributed by atoms with E-state index in [1.165, 1.54) is 12.8 Å². The predicted octanol–water partition coefficient (Wildman–Crippen LogP) is 2.33. The lowest BCUT2D eigenvalue weighted by Gasteiger charge is -2.45. The van der Waals surface area contributed by atoms with Crippen molar-refractivity contribution >= 4 is 21.8 Å². The summed E-state index contributed by atoms with van der Waals surface area (Å²) >= 11 is 3.46. The summed E-state index contributed by atoms with van der Waals surface area (Å²) < 4.78 is 5.31. The van der Waals surface area contributed by atoms with Crippen LogP contribution in [0.5, 0.6) is 0 Å². The molecule has 0 aromatic rings. The van der Waals surface area contributed by atoms with E-state index in [9.17, 15) is 4.79 Å². The summed E-state index contributed by atoms with van der Waals surface area (Å²) in [6, 6.07) is 0.312. The average Bonchev–Trinajstić information content (AvgIpc) is 2.26. The highest BCUT2D eigenvalue weighted by Gasteiger charge is 2.40. The largest absolute Gasteiger partial charge is 0.374 e. The molecule has 1 saturated carbocycles. The molecule has 0 aromatic heterocycles. The van der Waals surface area contributed by atoms with Crippen LogP contribution < -0.4 is 0 Å².